The van der Waals surface area contributed by atoms with E-state index in [2.05, 4.69) is 11.6 Å². The summed E-state index contributed by atoms with van der Waals surface area (Å²) in [6.45, 7) is 4.13. The van der Waals surface area contributed by atoms with Crippen LogP contribution in [0, 0.1) is 17.3 Å². The van der Waals surface area contributed by atoms with Crippen LogP contribution in [0.25, 0.3) is 0 Å². The Kier molecular flexibility index (Phi) is 5.87. The van der Waals surface area contributed by atoms with Gasteiger partial charge in [-0.3, -0.25) is 14.3 Å². The molecule has 0 bridgehead atoms. The average Bonchev–Trinajstić information content (AvgIpc) is 2.43. The van der Waals surface area contributed by atoms with Crippen molar-refractivity contribution in [2.24, 2.45) is 23.0 Å². The largest absolute Gasteiger partial charge is 0.369 e. The van der Waals surface area contributed by atoms with E-state index in [0.29, 0.717) is 30.7 Å². The topological polar surface area (TPSA) is 72.2 Å². The monoisotopic (exact) mass is 398 g/mol. The summed E-state index contributed by atoms with van der Waals surface area (Å²) < 4.78 is 0.946. The number of nitrogens with one attached hydrogen (secondary N) is 1. The fourth-order valence-corrected chi connectivity index (χ4v) is 4.75. The SMILES string of the molecule is CC1=C2CCC(C)CC2(C(N)=O)C(C(=O)NSC(Cl)(Cl)Cl)CC1. The minimum Gasteiger partial charge on any atom is -0.369 e. The second-order valence-corrected chi connectivity index (χ2v) is 10.5. The van der Waals surface area contributed by atoms with Crippen LogP contribution in [0.2, 0.25) is 0 Å². The van der Waals surface area contributed by atoms with Gasteiger partial charge in [0.15, 0.2) is 0 Å². The second-order valence-electron chi connectivity index (χ2n) is 6.55. The van der Waals surface area contributed by atoms with Gasteiger partial charge in [-0.2, -0.15) is 0 Å². The molecule has 23 heavy (non-hydrogen) atoms. The lowest BCUT2D eigenvalue weighted by molar-refractivity contribution is -0.140. The Morgan fingerprint density at radius 1 is 1.30 bits per heavy atom. The van der Waals surface area contributed by atoms with E-state index in [9.17, 15) is 9.59 Å². The molecule has 2 rings (SSSR count). The second kappa shape index (κ2) is 7.03. The zero-order valence-electron chi connectivity index (χ0n) is 13.1. The molecule has 0 aromatic rings. The summed E-state index contributed by atoms with van der Waals surface area (Å²) in [5.74, 6) is -0.883. The van der Waals surface area contributed by atoms with Crippen LogP contribution in [0.15, 0.2) is 11.1 Å². The summed E-state index contributed by atoms with van der Waals surface area (Å²) in [6.07, 6.45) is 3.80. The molecular formula is C15H21Cl3N2O2S. The van der Waals surface area contributed by atoms with Crippen LogP contribution in [0.1, 0.15) is 46.0 Å². The van der Waals surface area contributed by atoms with Crippen molar-refractivity contribution in [3.63, 3.8) is 0 Å². The highest BCUT2D eigenvalue weighted by atomic mass is 35.6. The third-order valence-electron chi connectivity index (χ3n) is 5.04. The van der Waals surface area contributed by atoms with Crippen LogP contribution in [0.4, 0.5) is 0 Å². The molecular weight excluding hydrogens is 379 g/mol. The van der Waals surface area contributed by atoms with Crippen molar-refractivity contribution in [1.29, 1.82) is 0 Å². The third-order valence-corrected chi connectivity index (χ3v) is 6.27. The number of carbonyl (C=O) groups is 2. The van der Waals surface area contributed by atoms with E-state index in [1.54, 1.807) is 0 Å². The molecule has 0 aromatic carbocycles. The molecule has 2 amide bonds. The molecule has 3 N–H and O–H groups in total. The van der Waals surface area contributed by atoms with Crippen LogP contribution >= 0.6 is 46.8 Å². The van der Waals surface area contributed by atoms with Gasteiger partial charge in [0, 0.05) is 11.9 Å². The summed E-state index contributed by atoms with van der Waals surface area (Å²) >= 11 is 17.7. The first-order chi connectivity index (χ1) is 10.6. The van der Waals surface area contributed by atoms with Gasteiger partial charge in [0.25, 0.3) is 3.12 Å². The van der Waals surface area contributed by atoms with E-state index in [1.165, 1.54) is 5.57 Å². The molecule has 0 aliphatic heterocycles. The van der Waals surface area contributed by atoms with E-state index in [1.807, 2.05) is 6.92 Å². The zero-order valence-corrected chi connectivity index (χ0v) is 16.2. The summed E-state index contributed by atoms with van der Waals surface area (Å²) in [7, 11) is 0. The number of primary amides is 1. The summed E-state index contributed by atoms with van der Waals surface area (Å²) in [4.78, 5) is 25.1. The van der Waals surface area contributed by atoms with Gasteiger partial charge in [-0.1, -0.05) is 52.9 Å². The van der Waals surface area contributed by atoms with Gasteiger partial charge < -0.3 is 5.73 Å². The van der Waals surface area contributed by atoms with Crippen LogP contribution < -0.4 is 10.5 Å². The minimum absolute atomic E-state index is 0.292. The first-order valence-electron chi connectivity index (χ1n) is 7.61. The number of fused-ring (bicyclic) bond motifs is 1. The van der Waals surface area contributed by atoms with E-state index >= 15 is 0 Å². The van der Waals surface area contributed by atoms with Gasteiger partial charge in [0.1, 0.15) is 0 Å². The lowest BCUT2D eigenvalue weighted by Gasteiger charge is -2.48. The highest BCUT2D eigenvalue weighted by Crippen LogP contribution is 2.54. The van der Waals surface area contributed by atoms with Crippen molar-refractivity contribution in [1.82, 2.24) is 4.72 Å². The van der Waals surface area contributed by atoms with Crippen LogP contribution in [-0.2, 0) is 9.59 Å². The van der Waals surface area contributed by atoms with Gasteiger partial charge in [-0.15, -0.1) is 0 Å². The van der Waals surface area contributed by atoms with Gasteiger partial charge in [0.2, 0.25) is 11.8 Å². The molecule has 0 aromatic heterocycles. The fraction of sp³-hybridized carbons (Fsp3) is 0.733. The Hall–Kier alpha value is -0.100. The van der Waals surface area contributed by atoms with Crippen molar-refractivity contribution < 1.29 is 9.59 Å². The maximum absolute atomic E-state index is 12.7. The number of alkyl halides is 3. The summed E-state index contributed by atoms with van der Waals surface area (Å²) in [5.41, 5.74) is 7.14. The predicted molar refractivity (Wildman–Crippen MR) is 96.1 cm³/mol. The number of allylic oxidation sites excluding steroid dienone is 1. The number of rotatable bonds is 3. The standard InChI is InChI=1S/C15H21Cl3N2O2S/c1-8-3-5-10-9(2)4-6-11(14(10,7-8)13(19)22)12(21)20-23-15(16,17)18/h8,11H,3-7H2,1-2H3,(H2,19,22)(H,20,21). The number of hydrogen-bond donors (Lipinski definition) is 2. The molecule has 0 heterocycles. The molecule has 0 radical (unpaired) electrons. The molecule has 3 unspecified atom stereocenters. The molecule has 4 nitrogen and oxygen atoms in total. The molecule has 1 fully saturated rings. The van der Waals surface area contributed by atoms with Crippen molar-refractivity contribution in [3.8, 4) is 0 Å². The lowest BCUT2D eigenvalue weighted by atomic mass is 9.55. The number of carbonyl (C=O) groups excluding carboxylic acids is 2. The first kappa shape index (κ1) is 19.2. The number of nitrogens with two attached hydrogens (primary N) is 1. The van der Waals surface area contributed by atoms with Gasteiger partial charge >= 0.3 is 0 Å². The van der Waals surface area contributed by atoms with Gasteiger partial charge in [0.05, 0.1) is 11.3 Å². The molecule has 2 aliphatic rings. The Balaban J connectivity index is 2.35. The molecule has 0 spiro atoms. The average molecular weight is 400 g/mol. The van der Waals surface area contributed by atoms with Crippen molar-refractivity contribution >= 4 is 58.6 Å². The van der Waals surface area contributed by atoms with Gasteiger partial charge in [-0.05, 0) is 44.9 Å². The van der Waals surface area contributed by atoms with E-state index in [4.69, 9.17) is 40.5 Å². The highest BCUT2D eigenvalue weighted by Gasteiger charge is 2.54. The quantitative estimate of drug-likeness (QED) is 0.426. The number of hydrogen-bond acceptors (Lipinski definition) is 3. The predicted octanol–water partition coefficient (Wildman–Crippen LogP) is 4.10. The normalized spacial score (nSPS) is 31.5. The van der Waals surface area contributed by atoms with Crippen LogP contribution in [0.5, 0.6) is 0 Å². The van der Waals surface area contributed by atoms with Crippen molar-refractivity contribution in [2.75, 3.05) is 0 Å². The maximum atomic E-state index is 12.7. The van der Waals surface area contributed by atoms with Gasteiger partial charge in [-0.25, -0.2) is 0 Å². The Labute approximate surface area is 156 Å². The molecule has 130 valence electrons. The molecule has 2 aliphatic carbocycles. The first-order valence-corrected chi connectivity index (χ1v) is 9.56. The molecule has 8 heteroatoms. The van der Waals surface area contributed by atoms with Crippen molar-refractivity contribution in [3.05, 3.63) is 11.1 Å². The highest BCUT2D eigenvalue weighted by molar-refractivity contribution is 8.03. The Morgan fingerprint density at radius 3 is 2.52 bits per heavy atom. The van der Waals surface area contributed by atoms with E-state index < -0.39 is 20.4 Å². The summed E-state index contributed by atoms with van der Waals surface area (Å²) in [6, 6.07) is 0. The Morgan fingerprint density at radius 2 is 1.96 bits per heavy atom. The number of amides is 2. The van der Waals surface area contributed by atoms with E-state index in [-0.39, 0.29) is 5.91 Å². The van der Waals surface area contributed by atoms with E-state index in [0.717, 1.165) is 24.8 Å². The van der Waals surface area contributed by atoms with Crippen LogP contribution in [0.3, 0.4) is 0 Å². The molecule has 1 saturated carbocycles. The molecule has 3 atom stereocenters. The zero-order chi connectivity index (χ0) is 17.4. The van der Waals surface area contributed by atoms with Crippen LogP contribution in [-0.4, -0.2) is 14.9 Å². The fourth-order valence-electron chi connectivity index (χ4n) is 4.05. The maximum Gasteiger partial charge on any atom is 0.256 e. The van der Waals surface area contributed by atoms with Crippen molar-refractivity contribution in [2.45, 2.75) is 49.1 Å². The third kappa shape index (κ3) is 3.94. The minimum atomic E-state index is -1.64. The number of halogens is 3. The Bertz CT molecular complexity index is 547. The molecule has 0 saturated heterocycles. The lowest BCUT2D eigenvalue weighted by Crippen LogP contribution is -2.54. The smallest absolute Gasteiger partial charge is 0.256 e. The summed E-state index contributed by atoms with van der Waals surface area (Å²) in [5, 5.41) is 0.